The van der Waals surface area contributed by atoms with Crippen molar-refractivity contribution in [3.8, 4) is 17.0 Å². The number of nitrogens with one attached hydrogen (secondary N) is 1. The van der Waals surface area contributed by atoms with Crippen molar-refractivity contribution >= 4 is 22.9 Å². The molecule has 0 fully saturated rings. The summed E-state index contributed by atoms with van der Waals surface area (Å²) in [6, 6.07) is 15.4. The highest BCUT2D eigenvalue weighted by atomic mass is 32.1. The predicted octanol–water partition coefficient (Wildman–Crippen LogP) is 4.58. The van der Waals surface area contributed by atoms with Gasteiger partial charge in [-0.05, 0) is 24.6 Å². The molecule has 2 aromatic heterocycles. The molecule has 30 heavy (non-hydrogen) atoms. The normalized spacial score (nSPS) is 10.7. The molecule has 6 nitrogen and oxygen atoms in total. The highest BCUT2D eigenvalue weighted by Gasteiger charge is 2.09. The molecule has 0 saturated carbocycles. The highest BCUT2D eigenvalue weighted by molar-refractivity contribution is 7.09. The molecule has 2 aromatic carbocycles. The van der Waals surface area contributed by atoms with E-state index >= 15 is 0 Å². The van der Waals surface area contributed by atoms with Crippen molar-refractivity contribution in [2.24, 2.45) is 0 Å². The molecule has 2 heterocycles. The van der Waals surface area contributed by atoms with Gasteiger partial charge in [-0.15, -0.1) is 11.3 Å². The van der Waals surface area contributed by atoms with Crippen LogP contribution in [-0.2, 0) is 17.8 Å². The Bertz CT molecular complexity index is 1100. The second kappa shape index (κ2) is 9.37. The maximum atomic E-state index is 12.6. The molecule has 7 heteroatoms. The fourth-order valence-corrected chi connectivity index (χ4v) is 3.67. The van der Waals surface area contributed by atoms with Crippen molar-refractivity contribution in [1.29, 1.82) is 0 Å². The quantitative estimate of drug-likeness (QED) is 0.455. The lowest BCUT2D eigenvalue weighted by molar-refractivity contribution is -0.115. The van der Waals surface area contributed by atoms with Crippen LogP contribution in [0.15, 0.2) is 72.6 Å². The first-order chi connectivity index (χ1) is 14.7. The van der Waals surface area contributed by atoms with E-state index < -0.39 is 0 Å². The topological polar surface area (TPSA) is 69.0 Å². The van der Waals surface area contributed by atoms with Gasteiger partial charge in [-0.25, -0.2) is 9.97 Å². The van der Waals surface area contributed by atoms with Crippen molar-refractivity contribution < 1.29 is 9.53 Å². The van der Waals surface area contributed by atoms with E-state index in [1.165, 1.54) is 0 Å². The molecule has 0 aliphatic heterocycles. The molecule has 1 amide bonds. The number of hydrogen-bond donors (Lipinski definition) is 1. The minimum Gasteiger partial charge on any atom is -0.490 e. The molecule has 0 atom stereocenters. The zero-order valence-corrected chi connectivity index (χ0v) is 17.4. The average molecular weight is 419 g/mol. The Morgan fingerprint density at radius 1 is 1.17 bits per heavy atom. The molecule has 0 radical (unpaired) electrons. The van der Waals surface area contributed by atoms with Gasteiger partial charge < -0.3 is 14.6 Å². The zero-order chi connectivity index (χ0) is 20.8. The number of imidazole rings is 1. The van der Waals surface area contributed by atoms with Crippen LogP contribution in [0.25, 0.3) is 11.3 Å². The first-order valence-corrected chi connectivity index (χ1v) is 10.5. The van der Waals surface area contributed by atoms with Crippen LogP contribution in [0, 0.1) is 6.92 Å². The molecule has 0 saturated heterocycles. The number of aromatic nitrogens is 3. The van der Waals surface area contributed by atoms with Gasteiger partial charge in [0.2, 0.25) is 5.91 Å². The average Bonchev–Trinajstić information content (AvgIpc) is 3.42. The Kier molecular flexibility index (Phi) is 6.20. The van der Waals surface area contributed by atoms with Crippen LogP contribution in [0.5, 0.6) is 5.75 Å². The molecule has 0 aliphatic carbocycles. The number of carbonyl (C=O) groups excluding carboxylic acids is 1. The molecule has 152 valence electrons. The summed E-state index contributed by atoms with van der Waals surface area (Å²) in [5.74, 6) is 0.568. The van der Waals surface area contributed by atoms with Crippen LogP contribution < -0.4 is 10.1 Å². The maximum absolute atomic E-state index is 12.6. The second-order valence-corrected chi connectivity index (χ2v) is 7.88. The van der Waals surface area contributed by atoms with E-state index in [9.17, 15) is 4.79 Å². The summed E-state index contributed by atoms with van der Waals surface area (Å²) in [5, 5.41) is 6.04. The third-order valence-electron chi connectivity index (χ3n) is 4.56. The number of thiazole rings is 1. The van der Waals surface area contributed by atoms with Crippen LogP contribution in [0.2, 0.25) is 0 Å². The molecule has 0 aliphatic rings. The molecule has 0 bridgehead atoms. The number of hydrogen-bond acceptors (Lipinski definition) is 5. The van der Waals surface area contributed by atoms with E-state index in [1.807, 2.05) is 71.6 Å². The summed E-state index contributed by atoms with van der Waals surface area (Å²) in [6.45, 7) is 3.17. The number of ether oxygens (including phenoxy) is 1. The van der Waals surface area contributed by atoms with Crippen LogP contribution in [0.1, 0.15) is 10.6 Å². The number of aryl methyl sites for hydroxylation is 1. The lowest BCUT2D eigenvalue weighted by atomic mass is 10.1. The third kappa shape index (κ3) is 5.12. The van der Waals surface area contributed by atoms with Crippen LogP contribution in [-0.4, -0.2) is 27.0 Å². The lowest BCUT2D eigenvalue weighted by Crippen LogP contribution is -2.16. The van der Waals surface area contributed by atoms with Crippen molar-refractivity contribution in [3.63, 3.8) is 0 Å². The second-order valence-electron chi connectivity index (χ2n) is 6.82. The smallest absolute Gasteiger partial charge is 0.228 e. The van der Waals surface area contributed by atoms with E-state index in [4.69, 9.17) is 4.74 Å². The molecular formula is C23H22N4O2S. The van der Waals surface area contributed by atoms with E-state index in [-0.39, 0.29) is 5.91 Å². The number of rotatable bonds is 8. The summed E-state index contributed by atoms with van der Waals surface area (Å²) in [4.78, 5) is 21.1. The summed E-state index contributed by atoms with van der Waals surface area (Å²) in [5.41, 5.74) is 3.64. The molecular weight excluding hydrogens is 396 g/mol. The first-order valence-electron chi connectivity index (χ1n) is 9.66. The molecule has 4 aromatic rings. The predicted molar refractivity (Wildman–Crippen MR) is 119 cm³/mol. The van der Waals surface area contributed by atoms with Gasteiger partial charge >= 0.3 is 0 Å². The Morgan fingerprint density at radius 3 is 2.73 bits per heavy atom. The van der Waals surface area contributed by atoms with Gasteiger partial charge in [0, 0.05) is 23.3 Å². The van der Waals surface area contributed by atoms with E-state index in [2.05, 4.69) is 15.3 Å². The Hall–Kier alpha value is -3.45. The lowest BCUT2D eigenvalue weighted by Gasteiger charge is -2.13. The van der Waals surface area contributed by atoms with Crippen molar-refractivity contribution in [2.75, 3.05) is 11.9 Å². The third-order valence-corrected chi connectivity index (χ3v) is 5.33. The van der Waals surface area contributed by atoms with Crippen molar-refractivity contribution in [1.82, 2.24) is 14.5 Å². The van der Waals surface area contributed by atoms with Gasteiger partial charge in [0.1, 0.15) is 12.4 Å². The van der Waals surface area contributed by atoms with Gasteiger partial charge in [0.05, 0.1) is 35.7 Å². The zero-order valence-electron chi connectivity index (χ0n) is 16.6. The number of nitrogens with zero attached hydrogens (tertiary/aromatic N) is 3. The number of para-hydroxylation sites is 2. The van der Waals surface area contributed by atoms with Crippen LogP contribution >= 0.6 is 11.3 Å². The van der Waals surface area contributed by atoms with Gasteiger partial charge in [0.25, 0.3) is 0 Å². The van der Waals surface area contributed by atoms with Gasteiger partial charge in [-0.1, -0.05) is 36.4 Å². The molecule has 0 spiro atoms. The number of carbonyl (C=O) groups is 1. The minimum absolute atomic E-state index is 0.0853. The Morgan fingerprint density at radius 2 is 2.00 bits per heavy atom. The summed E-state index contributed by atoms with van der Waals surface area (Å²) < 4.78 is 7.80. The van der Waals surface area contributed by atoms with Gasteiger partial charge in [-0.2, -0.15) is 0 Å². The Balaban J connectivity index is 1.34. The first kappa shape index (κ1) is 19.8. The van der Waals surface area contributed by atoms with Crippen molar-refractivity contribution in [3.05, 3.63) is 83.2 Å². The SMILES string of the molecule is Cc1nc(-c2ccc(CC(=O)Nc3ccccc3OCCn3ccnc3)cc2)cs1. The van der Waals surface area contributed by atoms with Crippen LogP contribution in [0.4, 0.5) is 5.69 Å². The van der Waals surface area contributed by atoms with Crippen molar-refractivity contribution in [2.45, 2.75) is 19.9 Å². The standard InChI is InChI=1S/C23H22N4O2S/c1-17-25-21(15-30-17)19-8-6-18(7-9-19)14-23(28)26-20-4-2-3-5-22(20)29-13-12-27-11-10-24-16-27/h2-11,15-16H,12-14H2,1H3,(H,26,28). The number of benzene rings is 2. The van der Waals surface area contributed by atoms with E-state index in [1.54, 1.807) is 23.9 Å². The summed E-state index contributed by atoms with van der Waals surface area (Å²) in [7, 11) is 0. The molecule has 4 rings (SSSR count). The highest BCUT2D eigenvalue weighted by Crippen LogP contribution is 2.25. The fourth-order valence-electron chi connectivity index (χ4n) is 3.04. The molecule has 0 unspecified atom stereocenters. The van der Waals surface area contributed by atoms with E-state index in [0.29, 0.717) is 31.0 Å². The van der Waals surface area contributed by atoms with E-state index in [0.717, 1.165) is 21.8 Å². The molecule has 1 N–H and O–H groups in total. The maximum Gasteiger partial charge on any atom is 0.228 e. The van der Waals surface area contributed by atoms with Gasteiger partial charge in [-0.3, -0.25) is 4.79 Å². The number of anilines is 1. The summed E-state index contributed by atoms with van der Waals surface area (Å²) >= 11 is 1.63. The Labute approximate surface area is 179 Å². The largest absolute Gasteiger partial charge is 0.490 e. The van der Waals surface area contributed by atoms with Gasteiger partial charge in [0.15, 0.2) is 0 Å². The van der Waals surface area contributed by atoms with Crippen LogP contribution in [0.3, 0.4) is 0 Å². The summed E-state index contributed by atoms with van der Waals surface area (Å²) in [6.07, 6.45) is 5.66. The monoisotopic (exact) mass is 418 g/mol. The number of amides is 1. The fraction of sp³-hybridized carbons (Fsp3) is 0.174. The minimum atomic E-state index is -0.0853.